The minimum absolute atomic E-state index is 0. The summed E-state index contributed by atoms with van der Waals surface area (Å²) in [6.45, 7) is 4.16. The summed E-state index contributed by atoms with van der Waals surface area (Å²) < 4.78 is 15.5. The van der Waals surface area contributed by atoms with E-state index in [0.29, 0.717) is 32.3 Å². The smallest absolute Gasteiger partial charge is 0.189 e. The molecule has 1 unspecified atom stereocenters. The van der Waals surface area contributed by atoms with Crippen LogP contribution >= 0.6 is 24.0 Å². The average molecular weight is 423 g/mol. The Morgan fingerprint density at radius 3 is 2.73 bits per heavy atom. The zero-order valence-corrected chi connectivity index (χ0v) is 15.7. The van der Waals surface area contributed by atoms with E-state index in [4.69, 9.17) is 19.9 Å². The minimum atomic E-state index is 0. The molecule has 0 saturated carbocycles. The van der Waals surface area contributed by atoms with Crippen LogP contribution in [0.5, 0.6) is 5.75 Å². The molecule has 0 radical (unpaired) electrons. The van der Waals surface area contributed by atoms with Crippen LogP contribution in [0.25, 0.3) is 0 Å². The van der Waals surface area contributed by atoms with Gasteiger partial charge in [0.1, 0.15) is 12.4 Å². The first-order valence-corrected chi connectivity index (χ1v) is 6.91. The van der Waals surface area contributed by atoms with Gasteiger partial charge in [0.15, 0.2) is 5.96 Å². The number of methoxy groups -OCH3 is 2. The lowest BCUT2D eigenvalue weighted by molar-refractivity contribution is 0.146. The van der Waals surface area contributed by atoms with Crippen LogP contribution < -0.4 is 15.8 Å². The number of aliphatic imine (C=N–C) groups is 1. The van der Waals surface area contributed by atoms with E-state index in [9.17, 15) is 0 Å². The molecule has 0 spiro atoms. The average Bonchev–Trinajstić information content (AvgIpc) is 2.46. The van der Waals surface area contributed by atoms with Crippen molar-refractivity contribution < 1.29 is 14.2 Å². The molecule has 3 N–H and O–H groups in total. The van der Waals surface area contributed by atoms with Crippen molar-refractivity contribution in [3.63, 3.8) is 0 Å². The van der Waals surface area contributed by atoms with Crippen molar-refractivity contribution in [3.05, 3.63) is 29.8 Å². The maximum absolute atomic E-state index is 5.82. The van der Waals surface area contributed by atoms with Crippen LogP contribution in [-0.2, 0) is 16.0 Å². The molecule has 22 heavy (non-hydrogen) atoms. The molecule has 6 nitrogen and oxygen atoms in total. The molecule has 0 aromatic heterocycles. The fourth-order valence-electron chi connectivity index (χ4n) is 1.74. The van der Waals surface area contributed by atoms with Gasteiger partial charge in [-0.2, -0.15) is 0 Å². The Balaban J connectivity index is 0.00000441. The Labute approximate surface area is 149 Å². The number of guanidine groups is 1. The van der Waals surface area contributed by atoms with Crippen molar-refractivity contribution >= 4 is 29.9 Å². The number of nitrogens with one attached hydrogen (secondary N) is 1. The summed E-state index contributed by atoms with van der Waals surface area (Å²) in [6, 6.07) is 7.90. The Morgan fingerprint density at radius 2 is 2.05 bits per heavy atom. The molecule has 0 fully saturated rings. The molecule has 0 heterocycles. The standard InChI is InChI=1S/C15H25N3O3.HI/c1-12(11-20-3)18-15(16)17-10-13-5-4-6-14(9-13)21-8-7-19-2;/h4-6,9,12H,7-8,10-11H2,1-3H3,(H3,16,17,18);1H. The number of hydrogen-bond acceptors (Lipinski definition) is 4. The summed E-state index contributed by atoms with van der Waals surface area (Å²) in [5, 5.41) is 3.06. The van der Waals surface area contributed by atoms with Gasteiger partial charge in [-0.1, -0.05) is 12.1 Å². The third-order valence-corrected chi connectivity index (χ3v) is 2.70. The molecule has 1 aromatic carbocycles. The molecule has 0 amide bonds. The van der Waals surface area contributed by atoms with Crippen LogP contribution in [0.1, 0.15) is 12.5 Å². The number of nitrogens with zero attached hydrogens (tertiary/aromatic N) is 1. The lowest BCUT2D eigenvalue weighted by Gasteiger charge is -2.13. The molecule has 1 aromatic rings. The van der Waals surface area contributed by atoms with Crippen LogP contribution in [0, 0.1) is 0 Å². The first kappa shape index (κ1) is 20.9. The predicted molar refractivity (Wildman–Crippen MR) is 99.0 cm³/mol. The Kier molecular flexibility index (Phi) is 11.9. The summed E-state index contributed by atoms with van der Waals surface area (Å²) in [5.41, 5.74) is 6.86. The second kappa shape index (κ2) is 12.5. The highest BCUT2D eigenvalue weighted by Gasteiger charge is 2.02. The number of benzene rings is 1. The summed E-state index contributed by atoms with van der Waals surface area (Å²) in [6.07, 6.45) is 0. The van der Waals surface area contributed by atoms with Gasteiger partial charge in [0.05, 0.1) is 19.8 Å². The van der Waals surface area contributed by atoms with Gasteiger partial charge >= 0.3 is 0 Å². The van der Waals surface area contributed by atoms with Crippen LogP contribution in [0.3, 0.4) is 0 Å². The van der Waals surface area contributed by atoms with Crippen molar-refractivity contribution in [2.75, 3.05) is 34.0 Å². The maximum Gasteiger partial charge on any atom is 0.189 e. The molecular weight excluding hydrogens is 397 g/mol. The van der Waals surface area contributed by atoms with Crippen LogP contribution in [0.4, 0.5) is 0 Å². The third-order valence-electron chi connectivity index (χ3n) is 2.70. The van der Waals surface area contributed by atoms with E-state index >= 15 is 0 Å². The third kappa shape index (κ3) is 9.06. The van der Waals surface area contributed by atoms with Gasteiger partial charge in [-0.3, -0.25) is 0 Å². The summed E-state index contributed by atoms with van der Waals surface area (Å²) >= 11 is 0. The van der Waals surface area contributed by atoms with Crippen molar-refractivity contribution in [1.29, 1.82) is 0 Å². The first-order valence-electron chi connectivity index (χ1n) is 6.91. The topological polar surface area (TPSA) is 78.1 Å². The molecule has 0 aliphatic carbocycles. The highest BCUT2D eigenvalue weighted by Crippen LogP contribution is 2.13. The zero-order valence-electron chi connectivity index (χ0n) is 13.4. The summed E-state index contributed by atoms with van der Waals surface area (Å²) in [7, 11) is 3.30. The Bertz CT molecular complexity index is 444. The molecule has 0 saturated heterocycles. The molecule has 126 valence electrons. The van der Waals surface area contributed by atoms with Gasteiger partial charge in [0.2, 0.25) is 0 Å². The van der Waals surface area contributed by atoms with E-state index in [1.54, 1.807) is 14.2 Å². The van der Waals surface area contributed by atoms with Gasteiger partial charge in [-0.25, -0.2) is 4.99 Å². The quantitative estimate of drug-likeness (QED) is 0.274. The van der Waals surface area contributed by atoms with E-state index in [-0.39, 0.29) is 30.0 Å². The van der Waals surface area contributed by atoms with E-state index in [0.717, 1.165) is 11.3 Å². The normalized spacial score (nSPS) is 12.4. The zero-order chi connectivity index (χ0) is 15.5. The van der Waals surface area contributed by atoms with Crippen molar-refractivity contribution in [1.82, 2.24) is 5.32 Å². The largest absolute Gasteiger partial charge is 0.491 e. The number of nitrogens with two attached hydrogens (primary N) is 1. The predicted octanol–water partition coefficient (Wildman–Crippen LogP) is 1.77. The van der Waals surface area contributed by atoms with Gasteiger partial charge in [0, 0.05) is 20.3 Å². The second-order valence-electron chi connectivity index (χ2n) is 4.69. The van der Waals surface area contributed by atoms with Gasteiger partial charge in [0.25, 0.3) is 0 Å². The fraction of sp³-hybridized carbons (Fsp3) is 0.533. The van der Waals surface area contributed by atoms with Crippen molar-refractivity contribution in [2.24, 2.45) is 10.7 Å². The van der Waals surface area contributed by atoms with Gasteiger partial charge < -0.3 is 25.3 Å². The number of halogens is 1. The maximum atomic E-state index is 5.82. The number of rotatable bonds is 9. The van der Waals surface area contributed by atoms with Gasteiger partial charge in [-0.15, -0.1) is 24.0 Å². The monoisotopic (exact) mass is 423 g/mol. The van der Waals surface area contributed by atoms with Gasteiger partial charge in [-0.05, 0) is 24.6 Å². The fourth-order valence-corrected chi connectivity index (χ4v) is 1.74. The van der Waals surface area contributed by atoms with Crippen molar-refractivity contribution in [3.8, 4) is 5.75 Å². The van der Waals surface area contributed by atoms with E-state index in [1.807, 2.05) is 31.2 Å². The minimum Gasteiger partial charge on any atom is -0.491 e. The summed E-state index contributed by atoms with van der Waals surface area (Å²) in [4.78, 5) is 4.30. The molecule has 1 rings (SSSR count). The van der Waals surface area contributed by atoms with E-state index < -0.39 is 0 Å². The van der Waals surface area contributed by atoms with E-state index in [2.05, 4.69) is 10.3 Å². The molecule has 0 aliphatic heterocycles. The number of hydrogen-bond donors (Lipinski definition) is 2. The highest BCUT2D eigenvalue weighted by molar-refractivity contribution is 14.0. The van der Waals surface area contributed by atoms with Crippen molar-refractivity contribution in [2.45, 2.75) is 19.5 Å². The first-order chi connectivity index (χ1) is 10.2. The van der Waals surface area contributed by atoms with Crippen LogP contribution in [0.2, 0.25) is 0 Å². The van der Waals surface area contributed by atoms with E-state index in [1.165, 1.54) is 0 Å². The summed E-state index contributed by atoms with van der Waals surface area (Å²) in [5.74, 6) is 1.21. The lowest BCUT2D eigenvalue weighted by atomic mass is 10.2. The highest BCUT2D eigenvalue weighted by atomic mass is 127. The number of ether oxygens (including phenoxy) is 3. The lowest BCUT2D eigenvalue weighted by Crippen LogP contribution is -2.40. The molecule has 0 aliphatic rings. The second-order valence-corrected chi connectivity index (χ2v) is 4.69. The molecular formula is C15H26IN3O3. The SMILES string of the molecule is COCCOc1cccc(CN=C(N)NC(C)COC)c1.I. The van der Waals surface area contributed by atoms with Crippen LogP contribution in [-0.4, -0.2) is 46.0 Å². The Morgan fingerprint density at radius 1 is 1.27 bits per heavy atom. The van der Waals surface area contributed by atoms with Crippen LogP contribution in [0.15, 0.2) is 29.3 Å². The molecule has 0 bridgehead atoms. The molecule has 1 atom stereocenters. The molecule has 7 heteroatoms. The Hall–Kier alpha value is -1.06.